The topological polar surface area (TPSA) is 60.9 Å². The molecule has 2 aromatic rings. The molecule has 2 aromatic carbocycles. The zero-order chi connectivity index (χ0) is 17.8. The third-order valence-electron chi connectivity index (χ3n) is 4.62. The number of anilines is 1. The highest BCUT2D eigenvalue weighted by Crippen LogP contribution is 2.24. The monoisotopic (exact) mass is 338 g/mol. The standard InChI is InChI=1S/C20H22N2O3/c1-21(14-15-7-5-8-16(13-15)20(24)25)18-11-6-12-22(19(18)23)17-9-3-2-4-10-17/h2-5,7-10,13,18H,6,11-12,14H2,1H3,(H,24,25). The number of carboxylic acid groups (broad SMARTS) is 1. The van der Waals surface area contributed by atoms with Crippen LogP contribution in [0.25, 0.3) is 0 Å². The van der Waals surface area contributed by atoms with E-state index in [-0.39, 0.29) is 17.5 Å². The van der Waals surface area contributed by atoms with Crippen LogP contribution in [-0.4, -0.2) is 41.5 Å². The first-order valence-electron chi connectivity index (χ1n) is 8.45. The van der Waals surface area contributed by atoms with Crippen LogP contribution in [0, 0.1) is 0 Å². The van der Waals surface area contributed by atoms with Crippen molar-refractivity contribution in [2.45, 2.75) is 25.4 Å². The zero-order valence-electron chi connectivity index (χ0n) is 14.3. The molecule has 1 fully saturated rings. The quantitative estimate of drug-likeness (QED) is 0.910. The molecule has 5 heteroatoms. The maximum absolute atomic E-state index is 12.9. The molecule has 1 heterocycles. The SMILES string of the molecule is CN(Cc1cccc(C(=O)O)c1)C1CCCN(c2ccccc2)C1=O. The first kappa shape index (κ1) is 17.2. The Morgan fingerprint density at radius 1 is 1.20 bits per heavy atom. The molecular formula is C20H22N2O3. The molecule has 1 saturated heterocycles. The van der Waals surface area contributed by atoms with E-state index in [1.54, 1.807) is 18.2 Å². The highest BCUT2D eigenvalue weighted by molar-refractivity contribution is 5.97. The highest BCUT2D eigenvalue weighted by atomic mass is 16.4. The Kier molecular flexibility index (Phi) is 5.14. The van der Waals surface area contributed by atoms with Gasteiger partial charge in [0.15, 0.2) is 0 Å². The van der Waals surface area contributed by atoms with Crippen LogP contribution in [0.15, 0.2) is 54.6 Å². The molecule has 3 rings (SSSR count). The second kappa shape index (κ2) is 7.49. The molecule has 1 atom stereocenters. The third-order valence-corrected chi connectivity index (χ3v) is 4.62. The van der Waals surface area contributed by atoms with Gasteiger partial charge in [-0.1, -0.05) is 30.3 Å². The largest absolute Gasteiger partial charge is 0.478 e. The molecule has 1 aliphatic heterocycles. The lowest BCUT2D eigenvalue weighted by Gasteiger charge is -2.37. The smallest absolute Gasteiger partial charge is 0.335 e. The third kappa shape index (κ3) is 3.88. The first-order valence-corrected chi connectivity index (χ1v) is 8.45. The minimum absolute atomic E-state index is 0.106. The molecule has 0 aromatic heterocycles. The molecule has 1 amide bonds. The summed E-state index contributed by atoms with van der Waals surface area (Å²) in [5, 5.41) is 9.12. The Labute approximate surface area is 147 Å². The summed E-state index contributed by atoms with van der Waals surface area (Å²) in [6, 6.07) is 16.4. The van der Waals surface area contributed by atoms with Gasteiger partial charge in [0, 0.05) is 18.8 Å². The Morgan fingerprint density at radius 2 is 1.96 bits per heavy atom. The summed E-state index contributed by atoms with van der Waals surface area (Å²) in [5.41, 5.74) is 2.09. The van der Waals surface area contributed by atoms with Gasteiger partial charge in [-0.2, -0.15) is 0 Å². The second-order valence-corrected chi connectivity index (χ2v) is 6.40. The van der Waals surface area contributed by atoms with Crippen molar-refractivity contribution in [3.05, 3.63) is 65.7 Å². The van der Waals surface area contributed by atoms with Crippen LogP contribution in [0.2, 0.25) is 0 Å². The van der Waals surface area contributed by atoms with Crippen LogP contribution < -0.4 is 4.90 Å². The molecule has 0 aliphatic carbocycles. The van der Waals surface area contributed by atoms with E-state index in [9.17, 15) is 9.59 Å². The van der Waals surface area contributed by atoms with E-state index in [0.717, 1.165) is 30.6 Å². The maximum atomic E-state index is 12.9. The average Bonchev–Trinajstić information content (AvgIpc) is 2.62. The number of carbonyl (C=O) groups is 2. The number of amides is 1. The van der Waals surface area contributed by atoms with Crippen molar-refractivity contribution in [2.75, 3.05) is 18.5 Å². The van der Waals surface area contributed by atoms with Crippen molar-refractivity contribution in [1.29, 1.82) is 0 Å². The number of likely N-dealkylation sites (N-methyl/N-ethyl adjacent to an activating group) is 1. The molecule has 0 bridgehead atoms. The van der Waals surface area contributed by atoms with E-state index in [2.05, 4.69) is 0 Å². The maximum Gasteiger partial charge on any atom is 0.335 e. The molecule has 0 saturated carbocycles. The molecule has 0 radical (unpaired) electrons. The molecule has 1 aliphatic rings. The number of rotatable bonds is 5. The van der Waals surface area contributed by atoms with Crippen LogP contribution in [0.5, 0.6) is 0 Å². The minimum Gasteiger partial charge on any atom is -0.478 e. The second-order valence-electron chi connectivity index (χ2n) is 6.40. The van der Waals surface area contributed by atoms with Crippen molar-refractivity contribution in [3.8, 4) is 0 Å². The Bertz CT molecular complexity index is 761. The molecular weight excluding hydrogens is 316 g/mol. The lowest BCUT2D eigenvalue weighted by atomic mass is 10.0. The van der Waals surface area contributed by atoms with Crippen molar-refractivity contribution in [3.63, 3.8) is 0 Å². The predicted molar refractivity (Wildman–Crippen MR) is 96.7 cm³/mol. The van der Waals surface area contributed by atoms with Crippen molar-refractivity contribution in [1.82, 2.24) is 4.90 Å². The number of hydrogen-bond acceptors (Lipinski definition) is 3. The molecule has 0 spiro atoms. The van der Waals surface area contributed by atoms with E-state index in [0.29, 0.717) is 6.54 Å². The van der Waals surface area contributed by atoms with E-state index >= 15 is 0 Å². The van der Waals surface area contributed by atoms with Gasteiger partial charge < -0.3 is 10.0 Å². The first-order chi connectivity index (χ1) is 12.1. The molecule has 25 heavy (non-hydrogen) atoms. The van der Waals surface area contributed by atoms with Crippen molar-refractivity contribution in [2.24, 2.45) is 0 Å². The van der Waals surface area contributed by atoms with E-state index in [4.69, 9.17) is 5.11 Å². The number of aromatic carboxylic acids is 1. The summed E-state index contributed by atoms with van der Waals surface area (Å²) in [5.74, 6) is -0.831. The number of hydrogen-bond donors (Lipinski definition) is 1. The number of benzene rings is 2. The van der Waals surface area contributed by atoms with Crippen LogP contribution in [0.1, 0.15) is 28.8 Å². The van der Waals surface area contributed by atoms with Crippen LogP contribution in [-0.2, 0) is 11.3 Å². The number of carbonyl (C=O) groups excluding carboxylic acids is 1. The summed E-state index contributed by atoms with van der Waals surface area (Å²) >= 11 is 0. The summed E-state index contributed by atoms with van der Waals surface area (Å²) < 4.78 is 0. The fraction of sp³-hybridized carbons (Fsp3) is 0.300. The normalized spacial score (nSPS) is 17.8. The van der Waals surface area contributed by atoms with E-state index in [1.165, 1.54) is 0 Å². The van der Waals surface area contributed by atoms with Crippen LogP contribution in [0.4, 0.5) is 5.69 Å². The van der Waals surface area contributed by atoms with Crippen LogP contribution >= 0.6 is 0 Å². The van der Waals surface area contributed by atoms with Gasteiger partial charge in [0.05, 0.1) is 11.6 Å². The number of para-hydroxylation sites is 1. The number of carboxylic acids is 1. The van der Waals surface area contributed by atoms with Gasteiger partial charge in [0.2, 0.25) is 5.91 Å². The van der Waals surface area contributed by atoms with Crippen molar-refractivity contribution >= 4 is 17.6 Å². The predicted octanol–water partition coefficient (Wildman–Crippen LogP) is 3.01. The number of nitrogens with zero attached hydrogens (tertiary/aromatic N) is 2. The summed E-state index contributed by atoms with van der Waals surface area (Å²) in [7, 11) is 1.92. The fourth-order valence-electron chi connectivity index (χ4n) is 3.33. The molecule has 1 unspecified atom stereocenters. The van der Waals surface area contributed by atoms with Gasteiger partial charge in [-0.05, 0) is 49.7 Å². The Balaban J connectivity index is 1.73. The molecule has 1 N–H and O–H groups in total. The van der Waals surface area contributed by atoms with Gasteiger partial charge in [-0.25, -0.2) is 4.79 Å². The Hall–Kier alpha value is -2.66. The fourth-order valence-corrected chi connectivity index (χ4v) is 3.33. The van der Waals surface area contributed by atoms with Gasteiger partial charge in [0.1, 0.15) is 0 Å². The van der Waals surface area contributed by atoms with E-state index < -0.39 is 5.97 Å². The lowest BCUT2D eigenvalue weighted by Crippen LogP contribution is -2.51. The van der Waals surface area contributed by atoms with Gasteiger partial charge in [0.25, 0.3) is 0 Å². The van der Waals surface area contributed by atoms with Gasteiger partial charge in [-0.3, -0.25) is 9.69 Å². The van der Waals surface area contributed by atoms with Gasteiger partial charge in [-0.15, -0.1) is 0 Å². The number of piperidine rings is 1. The molecule has 5 nitrogen and oxygen atoms in total. The minimum atomic E-state index is -0.937. The summed E-state index contributed by atoms with van der Waals surface area (Å²) in [6.07, 6.45) is 1.77. The van der Waals surface area contributed by atoms with Crippen molar-refractivity contribution < 1.29 is 14.7 Å². The van der Waals surface area contributed by atoms with Crippen LogP contribution in [0.3, 0.4) is 0 Å². The lowest BCUT2D eigenvalue weighted by molar-refractivity contribution is -0.125. The highest BCUT2D eigenvalue weighted by Gasteiger charge is 2.32. The average molecular weight is 338 g/mol. The van der Waals surface area contributed by atoms with E-state index in [1.807, 2.05) is 53.2 Å². The summed E-state index contributed by atoms with van der Waals surface area (Å²) in [6.45, 7) is 1.28. The van der Waals surface area contributed by atoms with Gasteiger partial charge >= 0.3 is 5.97 Å². The zero-order valence-corrected chi connectivity index (χ0v) is 14.3. The summed E-state index contributed by atoms with van der Waals surface area (Å²) in [4.78, 5) is 27.9. The molecule has 130 valence electrons. The Morgan fingerprint density at radius 3 is 2.68 bits per heavy atom.